The molecule has 2 amide bonds. The van der Waals surface area contributed by atoms with Gasteiger partial charge in [0.05, 0.1) is 11.1 Å². The lowest BCUT2D eigenvalue weighted by molar-refractivity contribution is 0.0946. The van der Waals surface area contributed by atoms with Gasteiger partial charge in [0.1, 0.15) is 17.2 Å². The van der Waals surface area contributed by atoms with Crippen molar-refractivity contribution in [3.05, 3.63) is 94.8 Å². The summed E-state index contributed by atoms with van der Waals surface area (Å²) in [6.07, 6.45) is 3.92. The van der Waals surface area contributed by atoms with Crippen molar-refractivity contribution >= 4 is 22.8 Å². The predicted octanol–water partition coefficient (Wildman–Crippen LogP) is 7.14. The molecular weight excluding hydrogens is 479 g/mol. The van der Waals surface area contributed by atoms with Gasteiger partial charge in [-0.3, -0.25) is 9.59 Å². The van der Waals surface area contributed by atoms with E-state index in [1.165, 1.54) is 6.07 Å². The second kappa shape index (κ2) is 11.5. The van der Waals surface area contributed by atoms with E-state index < -0.39 is 11.7 Å². The Labute approximate surface area is 222 Å². The second-order valence-corrected chi connectivity index (χ2v) is 9.49. The molecule has 4 rings (SSSR count). The molecule has 0 radical (unpaired) electrons. The lowest BCUT2D eigenvalue weighted by Gasteiger charge is -2.15. The Morgan fingerprint density at radius 2 is 1.76 bits per heavy atom. The van der Waals surface area contributed by atoms with E-state index in [0.717, 1.165) is 40.7 Å². The summed E-state index contributed by atoms with van der Waals surface area (Å²) in [6.45, 7) is 9.94. The van der Waals surface area contributed by atoms with Crippen LogP contribution in [0.5, 0.6) is 0 Å². The number of fused-ring (bicyclic) bond motifs is 1. The van der Waals surface area contributed by atoms with Gasteiger partial charge in [-0.25, -0.2) is 4.39 Å². The molecule has 196 valence electrons. The van der Waals surface area contributed by atoms with Crippen LogP contribution in [-0.4, -0.2) is 25.4 Å². The van der Waals surface area contributed by atoms with Crippen LogP contribution in [0.25, 0.3) is 33.4 Å². The number of halogens is 1. The zero-order valence-electron chi connectivity index (χ0n) is 22.3. The summed E-state index contributed by atoms with van der Waals surface area (Å²) in [6, 6.07) is 14.7. The van der Waals surface area contributed by atoms with E-state index in [1.54, 1.807) is 19.2 Å². The lowest BCUT2D eigenvalue weighted by atomic mass is 9.90. The number of carbonyl (C=O) groups is 2. The first-order valence-corrected chi connectivity index (χ1v) is 12.9. The van der Waals surface area contributed by atoms with E-state index in [2.05, 4.69) is 24.1 Å². The Balaban J connectivity index is 1.95. The minimum Gasteiger partial charge on any atom is -0.455 e. The molecule has 6 heteroatoms. The topological polar surface area (TPSA) is 71.3 Å². The number of hydrogen-bond acceptors (Lipinski definition) is 3. The molecule has 38 heavy (non-hydrogen) atoms. The number of aryl methyl sites for hydroxylation is 3. The van der Waals surface area contributed by atoms with Crippen molar-refractivity contribution in [1.29, 1.82) is 0 Å². The highest BCUT2D eigenvalue weighted by molar-refractivity contribution is 6.12. The van der Waals surface area contributed by atoms with E-state index in [0.29, 0.717) is 40.8 Å². The molecule has 0 spiro atoms. The fraction of sp³-hybridized carbons (Fsp3) is 0.250. The lowest BCUT2D eigenvalue weighted by Crippen LogP contribution is -2.25. The quantitative estimate of drug-likeness (QED) is 0.185. The molecule has 0 aliphatic heterocycles. The van der Waals surface area contributed by atoms with Crippen LogP contribution in [0.4, 0.5) is 4.39 Å². The van der Waals surface area contributed by atoms with Crippen LogP contribution in [0.15, 0.2) is 65.6 Å². The Morgan fingerprint density at radius 1 is 1.03 bits per heavy atom. The zero-order valence-corrected chi connectivity index (χ0v) is 22.3. The van der Waals surface area contributed by atoms with E-state index in [9.17, 15) is 14.0 Å². The highest BCUT2D eigenvalue weighted by Crippen LogP contribution is 2.39. The van der Waals surface area contributed by atoms with Crippen molar-refractivity contribution in [2.24, 2.45) is 0 Å². The molecule has 4 aromatic rings. The highest BCUT2D eigenvalue weighted by Gasteiger charge is 2.24. The monoisotopic (exact) mass is 512 g/mol. The van der Waals surface area contributed by atoms with Crippen molar-refractivity contribution < 1.29 is 18.4 Å². The Morgan fingerprint density at radius 3 is 2.42 bits per heavy atom. The second-order valence-electron chi connectivity index (χ2n) is 9.49. The van der Waals surface area contributed by atoms with E-state index in [4.69, 9.17) is 4.42 Å². The largest absolute Gasteiger partial charge is 0.455 e. The van der Waals surface area contributed by atoms with E-state index in [-0.39, 0.29) is 11.5 Å². The SMILES string of the molecule is C=CCCNC(=O)c1cc(-c2cc3c(C(=O)NC)c(-c4ccc(C)cc4)oc3cc2CCC)c(C)cc1F. The van der Waals surface area contributed by atoms with Crippen LogP contribution in [-0.2, 0) is 6.42 Å². The number of nitrogens with one attached hydrogen (secondary N) is 2. The van der Waals surface area contributed by atoms with Crippen molar-refractivity contribution in [2.75, 3.05) is 13.6 Å². The molecular formula is C32H33FN2O3. The average Bonchev–Trinajstić information content (AvgIpc) is 3.27. The van der Waals surface area contributed by atoms with Gasteiger partial charge in [-0.05, 0) is 73.2 Å². The van der Waals surface area contributed by atoms with Crippen molar-refractivity contribution in [3.8, 4) is 22.5 Å². The third kappa shape index (κ3) is 5.25. The van der Waals surface area contributed by atoms with Gasteiger partial charge >= 0.3 is 0 Å². The number of amides is 2. The fourth-order valence-corrected chi connectivity index (χ4v) is 4.69. The molecule has 0 unspecified atom stereocenters. The van der Waals surface area contributed by atoms with Gasteiger partial charge in [0.2, 0.25) is 0 Å². The van der Waals surface area contributed by atoms with Crippen molar-refractivity contribution in [1.82, 2.24) is 10.6 Å². The smallest absolute Gasteiger partial charge is 0.255 e. The van der Waals surface area contributed by atoms with Gasteiger partial charge in [-0.2, -0.15) is 0 Å². The Kier molecular flexibility index (Phi) is 8.10. The first-order chi connectivity index (χ1) is 18.3. The summed E-state index contributed by atoms with van der Waals surface area (Å²) in [7, 11) is 1.59. The summed E-state index contributed by atoms with van der Waals surface area (Å²) in [5, 5.41) is 6.15. The number of furan rings is 1. The summed E-state index contributed by atoms with van der Waals surface area (Å²) < 4.78 is 21.2. The van der Waals surface area contributed by atoms with Crippen molar-refractivity contribution in [3.63, 3.8) is 0 Å². The maximum Gasteiger partial charge on any atom is 0.255 e. The summed E-state index contributed by atoms with van der Waals surface area (Å²) >= 11 is 0. The minimum atomic E-state index is -0.573. The number of rotatable bonds is 9. The van der Waals surface area contributed by atoms with E-state index in [1.807, 2.05) is 50.2 Å². The van der Waals surface area contributed by atoms with Gasteiger partial charge in [0, 0.05) is 24.5 Å². The molecule has 0 saturated heterocycles. The molecule has 1 heterocycles. The molecule has 1 aromatic heterocycles. The molecule has 5 nitrogen and oxygen atoms in total. The van der Waals surface area contributed by atoms with Crippen LogP contribution in [0.1, 0.15) is 57.2 Å². The third-order valence-corrected chi connectivity index (χ3v) is 6.68. The summed E-state index contributed by atoms with van der Waals surface area (Å²) in [5.41, 5.74) is 6.23. The first-order valence-electron chi connectivity index (χ1n) is 12.9. The fourth-order valence-electron chi connectivity index (χ4n) is 4.69. The zero-order chi connectivity index (χ0) is 27.4. The highest BCUT2D eigenvalue weighted by atomic mass is 19.1. The molecule has 0 aliphatic carbocycles. The van der Waals surface area contributed by atoms with Crippen LogP contribution in [0.2, 0.25) is 0 Å². The number of carbonyl (C=O) groups excluding carboxylic acids is 2. The van der Waals surface area contributed by atoms with Gasteiger partial charge in [-0.1, -0.05) is 49.2 Å². The van der Waals surface area contributed by atoms with Crippen LogP contribution in [0.3, 0.4) is 0 Å². The van der Waals surface area contributed by atoms with E-state index >= 15 is 0 Å². The third-order valence-electron chi connectivity index (χ3n) is 6.68. The van der Waals surface area contributed by atoms with Gasteiger partial charge in [0.25, 0.3) is 11.8 Å². The average molecular weight is 513 g/mol. The Bertz CT molecular complexity index is 1520. The molecule has 2 N–H and O–H groups in total. The number of hydrogen-bond donors (Lipinski definition) is 2. The standard InChI is InChI=1S/C32H33FN2O3/c1-6-8-14-35-31(36)25-17-23(20(4)15-27(25)33)24-18-26-28(16-22(24)9-7-2)38-30(29(26)32(37)34-5)21-12-10-19(3)11-13-21/h6,10-13,15-18H,1,7-9,14H2,2-5H3,(H,34,37)(H,35,36). The normalized spacial score (nSPS) is 11.0. The van der Waals surface area contributed by atoms with Crippen molar-refractivity contribution in [2.45, 2.75) is 40.0 Å². The summed E-state index contributed by atoms with van der Waals surface area (Å²) in [4.78, 5) is 25.9. The predicted molar refractivity (Wildman–Crippen MR) is 151 cm³/mol. The maximum absolute atomic E-state index is 14.9. The number of benzene rings is 3. The summed E-state index contributed by atoms with van der Waals surface area (Å²) in [5.74, 6) is -0.806. The van der Waals surface area contributed by atoms with Gasteiger partial charge < -0.3 is 15.1 Å². The molecule has 0 atom stereocenters. The van der Waals surface area contributed by atoms with Crippen LogP contribution >= 0.6 is 0 Å². The van der Waals surface area contributed by atoms with Crippen LogP contribution < -0.4 is 10.6 Å². The maximum atomic E-state index is 14.9. The molecule has 0 fully saturated rings. The Hall–Kier alpha value is -4.19. The molecule has 0 saturated carbocycles. The minimum absolute atomic E-state index is 0.0173. The first kappa shape index (κ1) is 26.9. The molecule has 0 bridgehead atoms. The molecule has 0 aliphatic rings. The molecule has 3 aromatic carbocycles. The van der Waals surface area contributed by atoms with Gasteiger partial charge in [0.15, 0.2) is 0 Å². The van der Waals surface area contributed by atoms with Gasteiger partial charge in [-0.15, -0.1) is 6.58 Å². The van der Waals surface area contributed by atoms with Crippen LogP contribution in [0, 0.1) is 19.7 Å².